The van der Waals surface area contributed by atoms with Gasteiger partial charge in [0.05, 0.1) is 11.7 Å². The Balaban J connectivity index is 2.56. The van der Waals surface area contributed by atoms with E-state index in [4.69, 9.17) is 0 Å². The van der Waals surface area contributed by atoms with Crippen molar-refractivity contribution in [2.75, 3.05) is 0 Å². The molecule has 0 saturated heterocycles. The van der Waals surface area contributed by atoms with Crippen molar-refractivity contribution >= 4 is 5.97 Å². The summed E-state index contributed by atoms with van der Waals surface area (Å²) in [5.74, 6) is -1.27. The van der Waals surface area contributed by atoms with Gasteiger partial charge < -0.3 is 9.90 Å². The second-order valence-electron chi connectivity index (χ2n) is 4.19. The van der Waals surface area contributed by atoms with Crippen LogP contribution >= 0.6 is 0 Å². The van der Waals surface area contributed by atoms with Gasteiger partial charge in [-0.25, -0.2) is 4.68 Å². The van der Waals surface area contributed by atoms with Gasteiger partial charge in [0.2, 0.25) is 0 Å². The van der Waals surface area contributed by atoms with E-state index >= 15 is 0 Å². The minimum atomic E-state index is -1.27. The first-order chi connectivity index (χ1) is 9.04. The first kappa shape index (κ1) is 12.9. The molecule has 5 heteroatoms. The van der Waals surface area contributed by atoms with Crippen LogP contribution in [0.1, 0.15) is 21.6 Å². The molecule has 0 aliphatic rings. The zero-order valence-electron chi connectivity index (χ0n) is 10.5. The number of aryl methyl sites for hydroxylation is 1. The maximum absolute atomic E-state index is 12.2. The summed E-state index contributed by atoms with van der Waals surface area (Å²) < 4.78 is 1.32. The van der Waals surface area contributed by atoms with Crippen LogP contribution in [-0.4, -0.2) is 15.7 Å². The third-order valence-corrected chi connectivity index (χ3v) is 2.88. The van der Waals surface area contributed by atoms with Crippen LogP contribution in [0.3, 0.4) is 0 Å². The molecule has 19 heavy (non-hydrogen) atoms. The predicted octanol–water partition coefficient (Wildman–Crippen LogP) is 0.566. The van der Waals surface area contributed by atoms with Gasteiger partial charge in [-0.05, 0) is 31.0 Å². The number of rotatable bonds is 4. The Morgan fingerprint density at radius 1 is 1.53 bits per heavy atom. The highest BCUT2D eigenvalue weighted by Gasteiger charge is 2.11. The molecule has 0 aliphatic carbocycles. The maximum atomic E-state index is 12.2. The Morgan fingerprint density at radius 2 is 2.26 bits per heavy atom. The number of nitrogens with zero attached hydrogens (tertiary/aromatic N) is 1. The first-order valence-electron chi connectivity index (χ1n) is 5.77. The summed E-state index contributed by atoms with van der Waals surface area (Å²) in [5, 5.41) is 13.7. The number of hydrogen-bond acceptors (Lipinski definition) is 3. The number of carbonyl (C=O) groups excluding carboxylic acids is 1. The highest BCUT2D eigenvalue weighted by atomic mass is 16.4. The number of carbonyl (C=O) groups is 1. The molecular weight excluding hydrogens is 244 g/mol. The minimum Gasteiger partial charge on any atom is -0.545 e. The Bertz CT molecular complexity index is 695. The summed E-state index contributed by atoms with van der Waals surface area (Å²) in [6.07, 6.45) is 2.12. The van der Waals surface area contributed by atoms with Gasteiger partial charge in [0, 0.05) is 11.3 Å². The summed E-state index contributed by atoms with van der Waals surface area (Å²) in [6, 6.07) is 6.03. The molecule has 1 aromatic heterocycles. The number of aromatic carboxylic acids is 1. The molecule has 2 rings (SSSR count). The van der Waals surface area contributed by atoms with Gasteiger partial charge >= 0.3 is 0 Å². The van der Waals surface area contributed by atoms with Crippen molar-refractivity contribution in [3.05, 3.63) is 64.1 Å². The molecule has 0 unspecified atom stereocenters. The Hall–Kier alpha value is -2.56. The third kappa shape index (κ3) is 2.35. The zero-order valence-corrected chi connectivity index (χ0v) is 10.5. The van der Waals surface area contributed by atoms with Gasteiger partial charge in [-0.2, -0.15) is 0 Å². The fourth-order valence-corrected chi connectivity index (χ4v) is 1.92. The van der Waals surface area contributed by atoms with Crippen molar-refractivity contribution in [2.24, 2.45) is 0 Å². The van der Waals surface area contributed by atoms with Gasteiger partial charge in [0.25, 0.3) is 5.56 Å². The van der Waals surface area contributed by atoms with Crippen molar-refractivity contribution in [3.8, 4) is 5.69 Å². The second kappa shape index (κ2) is 4.97. The van der Waals surface area contributed by atoms with Crippen LogP contribution in [0.2, 0.25) is 0 Å². The average molecular weight is 257 g/mol. The van der Waals surface area contributed by atoms with Crippen LogP contribution in [0.4, 0.5) is 0 Å². The lowest BCUT2D eigenvalue weighted by molar-refractivity contribution is -0.255. The van der Waals surface area contributed by atoms with Crippen LogP contribution in [0.25, 0.3) is 5.69 Å². The summed E-state index contributed by atoms with van der Waals surface area (Å²) in [5.41, 5.74) is 1.65. The van der Waals surface area contributed by atoms with Crippen molar-refractivity contribution in [1.29, 1.82) is 0 Å². The van der Waals surface area contributed by atoms with E-state index in [0.29, 0.717) is 17.7 Å². The van der Waals surface area contributed by atoms with Crippen LogP contribution in [0, 0.1) is 6.92 Å². The van der Waals surface area contributed by atoms with E-state index in [0.717, 1.165) is 5.69 Å². The van der Waals surface area contributed by atoms with Crippen LogP contribution in [0.5, 0.6) is 0 Å². The minimum absolute atomic E-state index is 0.0296. The topological polar surface area (TPSA) is 77.9 Å². The molecule has 0 amide bonds. The Morgan fingerprint density at radius 3 is 2.89 bits per heavy atom. The van der Waals surface area contributed by atoms with Gasteiger partial charge in [0.1, 0.15) is 0 Å². The molecule has 0 saturated carbocycles. The smallest absolute Gasteiger partial charge is 0.274 e. The fraction of sp³-hybridized carbons (Fsp3) is 0.143. The highest BCUT2D eigenvalue weighted by molar-refractivity contribution is 5.86. The number of benzene rings is 1. The number of nitrogens with one attached hydrogen (secondary N) is 1. The quantitative estimate of drug-likeness (QED) is 0.813. The molecule has 1 aromatic carbocycles. The highest BCUT2D eigenvalue weighted by Crippen LogP contribution is 2.10. The van der Waals surface area contributed by atoms with Crippen LogP contribution in [-0.2, 0) is 6.42 Å². The summed E-state index contributed by atoms with van der Waals surface area (Å²) in [6.45, 7) is 5.40. The van der Waals surface area contributed by atoms with E-state index in [1.54, 1.807) is 25.1 Å². The van der Waals surface area contributed by atoms with Crippen molar-refractivity contribution in [2.45, 2.75) is 13.3 Å². The van der Waals surface area contributed by atoms with Gasteiger partial charge in [0.15, 0.2) is 0 Å². The van der Waals surface area contributed by atoms with E-state index in [2.05, 4.69) is 11.7 Å². The lowest BCUT2D eigenvalue weighted by atomic mass is 10.2. The molecule has 2 aromatic rings. The number of aromatic amines is 1. The number of carboxylic acids is 1. The van der Waals surface area contributed by atoms with E-state index < -0.39 is 5.97 Å². The molecule has 0 radical (unpaired) electrons. The number of hydrogen-bond donors (Lipinski definition) is 1. The molecular formula is C14H13N2O3-. The third-order valence-electron chi connectivity index (χ3n) is 2.88. The molecule has 1 heterocycles. The Labute approximate surface area is 109 Å². The lowest BCUT2D eigenvalue weighted by Gasteiger charge is -2.06. The number of carboxylic acid groups (broad SMARTS) is 1. The summed E-state index contributed by atoms with van der Waals surface area (Å²) in [7, 11) is 0. The Kier molecular flexibility index (Phi) is 3.37. The molecule has 0 spiro atoms. The summed E-state index contributed by atoms with van der Waals surface area (Å²) in [4.78, 5) is 23.0. The van der Waals surface area contributed by atoms with Crippen molar-refractivity contribution in [3.63, 3.8) is 0 Å². The van der Waals surface area contributed by atoms with Gasteiger partial charge in [-0.15, -0.1) is 6.58 Å². The molecule has 1 N–H and O–H groups in total. The summed E-state index contributed by atoms with van der Waals surface area (Å²) >= 11 is 0. The van der Waals surface area contributed by atoms with Gasteiger partial charge in [-0.1, -0.05) is 18.2 Å². The maximum Gasteiger partial charge on any atom is 0.274 e. The fourth-order valence-electron chi connectivity index (χ4n) is 1.92. The monoisotopic (exact) mass is 257 g/mol. The predicted molar refractivity (Wildman–Crippen MR) is 69.4 cm³/mol. The first-order valence-corrected chi connectivity index (χ1v) is 5.77. The average Bonchev–Trinajstić information content (AvgIpc) is 2.67. The van der Waals surface area contributed by atoms with Crippen LogP contribution < -0.4 is 10.7 Å². The number of allylic oxidation sites excluding steroid dienone is 1. The molecule has 0 aliphatic heterocycles. The molecule has 0 atom stereocenters. The van der Waals surface area contributed by atoms with E-state index in [1.807, 2.05) is 0 Å². The number of aromatic nitrogens is 2. The van der Waals surface area contributed by atoms with Crippen LogP contribution in [0.15, 0.2) is 41.7 Å². The lowest BCUT2D eigenvalue weighted by Crippen LogP contribution is -2.23. The normalized spacial score (nSPS) is 10.4. The SMILES string of the molecule is C=CCc1c(C)[nH]n(-c2cccc(C(=O)[O-])c2)c1=O. The van der Waals surface area contributed by atoms with E-state index in [9.17, 15) is 14.7 Å². The molecule has 0 bridgehead atoms. The van der Waals surface area contributed by atoms with Crippen molar-refractivity contribution in [1.82, 2.24) is 9.78 Å². The molecule has 0 fully saturated rings. The van der Waals surface area contributed by atoms with Gasteiger partial charge in [-0.3, -0.25) is 9.89 Å². The largest absolute Gasteiger partial charge is 0.545 e. The van der Waals surface area contributed by atoms with E-state index in [-0.39, 0.29) is 11.1 Å². The van der Waals surface area contributed by atoms with Crippen molar-refractivity contribution < 1.29 is 9.90 Å². The molecule has 98 valence electrons. The molecule has 5 nitrogen and oxygen atoms in total. The van der Waals surface area contributed by atoms with E-state index in [1.165, 1.54) is 16.8 Å². The standard InChI is InChI=1S/C14H14N2O3/c1-3-5-12-9(2)15-16(13(12)17)11-7-4-6-10(8-11)14(18)19/h3-4,6-8,15H,1,5H2,2H3,(H,18,19)/p-1. The second-order valence-corrected chi connectivity index (χ2v) is 4.19. The zero-order chi connectivity index (χ0) is 14.0. The number of H-pyrrole nitrogens is 1.